The summed E-state index contributed by atoms with van der Waals surface area (Å²) in [5.41, 5.74) is 6.94. The van der Waals surface area contributed by atoms with Crippen LogP contribution in [0, 0.1) is 0 Å². The Morgan fingerprint density at radius 2 is 2.03 bits per heavy atom. The van der Waals surface area contributed by atoms with Crippen LogP contribution in [-0.2, 0) is 17.6 Å². The van der Waals surface area contributed by atoms with Gasteiger partial charge in [-0.2, -0.15) is 0 Å². The summed E-state index contributed by atoms with van der Waals surface area (Å²) < 4.78 is 11.0. The molecule has 3 aromatic rings. The first-order chi connectivity index (χ1) is 14.1. The molecule has 152 valence electrons. The van der Waals surface area contributed by atoms with Gasteiger partial charge in [0.25, 0.3) is 11.5 Å². The van der Waals surface area contributed by atoms with Crippen molar-refractivity contribution in [1.29, 1.82) is 0 Å². The predicted octanol–water partition coefficient (Wildman–Crippen LogP) is 3.18. The molecule has 0 radical (unpaired) electrons. The lowest BCUT2D eigenvalue weighted by molar-refractivity contribution is -0.119. The smallest absolute Gasteiger partial charge is 0.260 e. The molecule has 4 rings (SSSR count). The Morgan fingerprint density at radius 1 is 1.21 bits per heavy atom. The summed E-state index contributed by atoms with van der Waals surface area (Å²) in [5.74, 6) is 0.809. The van der Waals surface area contributed by atoms with Gasteiger partial charge in [-0.3, -0.25) is 9.59 Å². The number of rotatable bonds is 6. The number of hydrogen-bond acceptors (Lipinski definition) is 6. The molecule has 0 saturated carbocycles. The molecule has 0 spiro atoms. The average molecular weight is 413 g/mol. The van der Waals surface area contributed by atoms with E-state index in [9.17, 15) is 9.59 Å². The minimum Gasteiger partial charge on any atom is -0.490 e. The fourth-order valence-electron chi connectivity index (χ4n) is 3.67. The molecule has 0 unspecified atom stereocenters. The van der Waals surface area contributed by atoms with Gasteiger partial charge in [0.05, 0.1) is 12.0 Å². The van der Waals surface area contributed by atoms with Crippen LogP contribution in [0.15, 0.2) is 23.0 Å². The van der Waals surface area contributed by atoms with E-state index in [1.54, 1.807) is 29.5 Å². The third-order valence-corrected chi connectivity index (χ3v) is 6.15. The standard InChI is InChI=1S/C21H23N3O4S/c1-2-27-15-10-12(8-9-14(15)28-11-17(22)25)19-23-20(26)18-13-6-4-3-5-7-16(13)29-21(18)24-19/h8-10H,2-7,11H2,1H3,(H2,22,25)(H,23,24,26). The van der Waals surface area contributed by atoms with Gasteiger partial charge in [0, 0.05) is 10.4 Å². The molecule has 0 aliphatic heterocycles. The van der Waals surface area contributed by atoms with Crippen LogP contribution in [0.3, 0.4) is 0 Å². The summed E-state index contributed by atoms with van der Waals surface area (Å²) in [6.07, 6.45) is 5.45. The number of primary amides is 1. The highest BCUT2D eigenvalue weighted by atomic mass is 32.1. The lowest BCUT2D eigenvalue weighted by atomic mass is 10.1. The van der Waals surface area contributed by atoms with E-state index >= 15 is 0 Å². The van der Waals surface area contributed by atoms with Crippen molar-refractivity contribution in [2.75, 3.05) is 13.2 Å². The second-order valence-electron chi connectivity index (χ2n) is 7.01. The fraction of sp³-hybridized carbons (Fsp3) is 0.381. The normalized spacial score (nSPS) is 13.7. The minimum absolute atomic E-state index is 0.101. The quantitative estimate of drug-likeness (QED) is 0.604. The van der Waals surface area contributed by atoms with Crippen LogP contribution in [-0.4, -0.2) is 29.1 Å². The fourth-order valence-corrected chi connectivity index (χ4v) is 4.93. The molecule has 1 aliphatic rings. The van der Waals surface area contributed by atoms with Gasteiger partial charge in [-0.1, -0.05) is 6.42 Å². The van der Waals surface area contributed by atoms with E-state index in [1.165, 1.54) is 16.9 Å². The molecule has 0 fully saturated rings. The van der Waals surface area contributed by atoms with Crippen molar-refractivity contribution in [3.05, 3.63) is 39.0 Å². The van der Waals surface area contributed by atoms with Crippen LogP contribution >= 0.6 is 11.3 Å². The second-order valence-corrected chi connectivity index (χ2v) is 8.09. The summed E-state index contributed by atoms with van der Waals surface area (Å²) in [7, 11) is 0. The number of fused-ring (bicyclic) bond motifs is 3. The molecule has 1 aliphatic carbocycles. The molecule has 0 atom stereocenters. The zero-order valence-electron chi connectivity index (χ0n) is 16.2. The summed E-state index contributed by atoms with van der Waals surface area (Å²) in [4.78, 5) is 33.6. The lowest BCUT2D eigenvalue weighted by Crippen LogP contribution is -2.20. The van der Waals surface area contributed by atoms with Gasteiger partial charge >= 0.3 is 0 Å². The van der Waals surface area contributed by atoms with Crippen molar-refractivity contribution in [2.45, 2.75) is 39.0 Å². The molecule has 8 heteroatoms. The van der Waals surface area contributed by atoms with Gasteiger partial charge in [0.1, 0.15) is 10.7 Å². The number of nitrogens with two attached hydrogens (primary N) is 1. The molecular weight excluding hydrogens is 390 g/mol. The Morgan fingerprint density at radius 3 is 2.83 bits per heavy atom. The molecule has 7 nitrogen and oxygen atoms in total. The molecule has 0 bridgehead atoms. The summed E-state index contributed by atoms with van der Waals surface area (Å²) >= 11 is 1.63. The number of H-pyrrole nitrogens is 1. The zero-order valence-corrected chi connectivity index (χ0v) is 17.1. The Balaban J connectivity index is 1.75. The van der Waals surface area contributed by atoms with Crippen LogP contribution in [0.4, 0.5) is 0 Å². The number of amides is 1. The Labute approximate surface area is 171 Å². The molecule has 1 amide bonds. The highest BCUT2D eigenvalue weighted by Gasteiger charge is 2.19. The number of nitrogens with zero attached hydrogens (tertiary/aromatic N) is 1. The maximum Gasteiger partial charge on any atom is 0.260 e. The zero-order chi connectivity index (χ0) is 20.4. The van der Waals surface area contributed by atoms with Crippen LogP contribution in [0.5, 0.6) is 11.5 Å². The van der Waals surface area contributed by atoms with Crippen molar-refractivity contribution >= 4 is 27.5 Å². The van der Waals surface area contributed by atoms with Gasteiger partial charge in [0.15, 0.2) is 18.1 Å². The summed E-state index contributed by atoms with van der Waals surface area (Å²) in [6.45, 7) is 2.05. The molecule has 1 aromatic carbocycles. The lowest BCUT2D eigenvalue weighted by Gasteiger charge is -2.12. The van der Waals surface area contributed by atoms with Gasteiger partial charge in [-0.25, -0.2) is 4.98 Å². The highest BCUT2D eigenvalue weighted by Crippen LogP contribution is 2.35. The molecule has 2 heterocycles. The van der Waals surface area contributed by atoms with Crippen molar-refractivity contribution in [3.8, 4) is 22.9 Å². The van der Waals surface area contributed by atoms with Gasteiger partial charge in [-0.15, -0.1) is 11.3 Å². The predicted molar refractivity (Wildman–Crippen MR) is 113 cm³/mol. The van der Waals surface area contributed by atoms with Crippen LogP contribution in [0.1, 0.15) is 36.6 Å². The van der Waals surface area contributed by atoms with E-state index in [4.69, 9.17) is 20.2 Å². The summed E-state index contributed by atoms with van der Waals surface area (Å²) in [5, 5.41) is 0.738. The number of thiophene rings is 1. The number of aryl methyl sites for hydroxylation is 2. The van der Waals surface area contributed by atoms with E-state index < -0.39 is 5.91 Å². The van der Waals surface area contributed by atoms with Crippen LogP contribution < -0.4 is 20.8 Å². The second kappa shape index (κ2) is 8.24. The van der Waals surface area contributed by atoms with E-state index in [1.807, 2.05) is 6.92 Å². The average Bonchev–Trinajstić information content (AvgIpc) is 2.89. The minimum atomic E-state index is -0.564. The molecule has 2 aromatic heterocycles. The number of carbonyl (C=O) groups excluding carboxylic acids is 1. The first kappa shape index (κ1) is 19.4. The van der Waals surface area contributed by atoms with Gasteiger partial charge in [0.2, 0.25) is 0 Å². The highest BCUT2D eigenvalue weighted by molar-refractivity contribution is 7.18. The topological polar surface area (TPSA) is 107 Å². The molecule has 0 saturated heterocycles. The molecule has 3 N–H and O–H groups in total. The first-order valence-electron chi connectivity index (χ1n) is 9.79. The van der Waals surface area contributed by atoms with Crippen molar-refractivity contribution in [3.63, 3.8) is 0 Å². The van der Waals surface area contributed by atoms with E-state index in [2.05, 4.69) is 4.98 Å². The third-order valence-electron chi connectivity index (χ3n) is 4.96. The number of aromatic amines is 1. The maximum atomic E-state index is 12.9. The van der Waals surface area contributed by atoms with E-state index in [0.29, 0.717) is 29.5 Å². The first-order valence-corrected chi connectivity index (χ1v) is 10.6. The van der Waals surface area contributed by atoms with Crippen molar-refractivity contribution in [1.82, 2.24) is 9.97 Å². The van der Waals surface area contributed by atoms with Crippen LogP contribution in [0.25, 0.3) is 21.6 Å². The largest absolute Gasteiger partial charge is 0.490 e. The number of aromatic nitrogens is 2. The third kappa shape index (κ3) is 3.98. The van der Waals surface area contributed by atoms with Crippen molar-refractivity contribution < 1.29 is 14.3 Å². The number of ether oxygens (including phenoxy) is 2. The Kier molecular flexibility index (Phi) is 5.53. The molecular formula is C21H23N3O4S. The number of benzene rings is 1. The van der Waals surface area contributed by atoms with E-state index in [-0.39, 0.29) is 12.2 Å². The van der Waals surface area contributed by atoms with Crippen LogP contribution in [0.2, 0.25) is 0 Å². The SMILES string of the molecule is CCOc1cc(-c2nc3sc4c(c3c(=O)[nH]2)CCCCC4)ccc1OCC(N)=O. The maximum absolute atomic E-state index is 12.9. The van der Waals surface area contributed by atoms with Gasteiger partial charge < -0.3 is 20.2 Å². The number of carbonyl (C=O) groups is 1. The Hall–Kier alpha value is -2.87. The number of hydrogen-bond donors (Lipinski definition) is 2. The van der Waals surface area contributed by atoms with Crippen molar-refractivity contribution in [2.24, 2.45) is 5.73 Å². The molecule has 29 heavy (non-hydrogen) atoms. The number of nitrogens with one attached hydrogen (secondary N) is 1. The monoisotopic (exact) mass is 413 g/mol. The summed E-state index contributed by atoms with van der Waals surface area (Å²) in [6, 6.07) is 5.22. The van der Waals surface area contributed by atoms with Gasteiger partial charge in [-0.05, 0) is 56.4 Å². The Bertz CT molecular complexity index is 1120. The van der Waals surface area contributed by atoms with E-state index in [0.717, 1.165) is 35.9 Å².